The third kappa shape index (κ3) is 3.35. The van der Waals surface area contributed by atoms with Crippen LogP contribution in [-0.2, 0) is 6.42 Å². The molecule has 0 saturated heterocycles. The average molecular weight is 226 g/mol. The lowest BCUT2D eigenvalue weighted by atomic mass is 10.2. The van der Waals surface area contributed by atoms with E-state index in [0.717, 1.165) is 28.6 Å². The monoisotopic (exact) mass is 226 g/mol. The Morgan fingerprint density at radius 1 is 1.47 bits per heavy atom. The van der Waals surface area contributed by atoms with Crippen LogP contribution in [0.3, 0.4) is 0 Å². The standard InChI is InChI=1S/C10H18N4S/c1-4-8-9(14-11)12-6-13-10(8)15-5-7(2)3/h6-7H,4-5,11H2,1-3H3,(H,12,13,14). The lowest BCUT2D eigenvalue weighted by molar-refractivity contribution is 0.748. The van der Waals surface area contributed by atoms with Gasteiger partial charge in [-0.2, -0.15) is 0 Å². The minimum absolute atomic E-state index is 0.656. The summed E-state index contributed by atoms with van der Waals surface area (Å²) in [6, 6.07) is 0. The Bertz CT molecular complexity index is 314. The van der Waals surface area contributed by atoms with Crippen molar-refractivity contribution in [2.75, 3.05) is 11.2 Å². The van der Waals surface area contributed by atoms with Crippen molar-refractivity contribution in [1.82, 2.24) is 9.97 Å². The summed E-state index contributed by atoms with van der Waals surface area (Å²) < 4.78 is 0. The first-order valence-corrected chi connectivity index (χ1v) is 6.10. The average Bonchev–Trinajstić information content (AvgIpc) is 2.25. The first kappa shape index (κ1) is 12.3. The molecule has 5 heteroatoms. The molecule has 0 aliphatic heterocycles. The summed E-state index contributed by atoms with van der Waals surface area (Å²) in [5.41, 5.74) is 3.71. The quantitative estimate of drug-likeness (QED) is 0.348. The Kier molecular flexibility index (Phi) is 4.84. The molecule has 3 N–H and O–H groups in total. The van der Waals surface area contributed by atoms with E-state index >= 15 is 0 Å². The number of hydrazine groups is 1. The normalized spacial score (nSPS) is 10.7. The highest BCUT2D eigenvalue weighted by atomic mass is 32.2. The largest absolute Gasteiger partial charge is 0.308 e. The van der Waals surface area contributed by atoms with Gasteiger partial charge in [-0.3, -0.25) is 0 Å². The zero-order valence-electron chi connectivity index (χ0n) is 9.45. The number of thioether (sulfide) groups is 1. The molecule has 1 aromatic heterocycles. The van der Waals surface area contributed by atoms with Gasteiger partial charge in [0.15, 0.2) is 0 Å². The molecule has 0 amide bonds. The van der Waals surface area contributed by atoms with Crippen molar-refractivity contribution in [3.8, 4) is 0 Å². The molecule has 0 bridgehead atoms. The molecule has 0 saturated carbocycles. The van der Waals surface area contributed by atoms with Crippen molar-refractivity contribution in [3.05, 3.63) is 11.9 Å². The van der Waals surface area contributed by atoms with E-state index in [1.165, 1.54) is 0 Å². The van der Waals surface area contributed by atoms with Crippen LogP contribution in [-0.4, -0.2) is 15.7 Å². The van der Waals surface area contributed by atoms with Crippen molar-refractivity contribution in [2.24, 2.45) is 11.8 Å². The van der Waals surface area contributed by atoms with Crippen LogP contribution in [0.5, 0.6) is 0 Å². The number of nitrogens with two attached hydrogens (primary N) is 1. The van der Waals surface area contributed by atoms with Crippen molar-refractivity contribution >= 4 is 17.6 Å². The summed E-state index contributed by atoms with van der Waals surface area (Å²) in [4.78, 5) is 8.38. The van der Waals surface area contributed by atoms with Crippen molar-refractivity contribution in [3.63, 3.8) is 0 Å². The summed E-state index contributed by atoms with van der Waals surface area (Å²) in [7, 11) is 0. The molecular weight excluding hydrogens is 208 g/mol. The van der Waals surface area contributed by atoms with Crippen LogP contribution in [0.4, 0.5) is 5.82 Å². The minimum Gasteiger partial charge on any atom is -0.308 e. The Morgan fingerprint density at radius 3 is 2.73 bits per heavy atom. The van der Waals surface area contributed by atoms with Gasteiger partial charge < -0.3 is 5.43 Å². The molecule has 0 aromatic carbocycles. The summed E-state index contributed by atoms with van der Waals surface area (Å²) in [6.07, 6.45) is 2.44. The number of nitrogen functional groups attached to an aromatic ring is 1. The Hall–Kier alpha value is -0.810. The zero-order chi connectivity index (χ0) is 11.3. The lowest BCUT2D eigenvalue weighted by Gasteiger charge is -2.11. The maximum atomic E-state index is 5.40. The molecule has 0 aliphatic rings. The maximum absolute atomic E-state index is 5.40. The molecular formula is C10H18N4S. The predicted octanol–water partition coefficient (Wildman–Crippen LogP) is 2.07. The SMILES string of the molecule is CCc1c(NN)ncnc1SCC(C)C. The van der Waals surface area contributed by atoms with E-state index < -0.39 is 0 Å². The van der Waals surface area contributed by atoms with Gasteiger partial charge in [-0.1, -0.05) is 20.8 Å². The Balaban J connectivity index is 2.86. The van der Waals surface area contributed by atoms with Crippen LogP contribution in [0, 0.1) is 5.92 Å². The molecule has 0 fully saturated rings. The molecule has 1 aromatic rings. The number of hydrogen-bond acceptors (Lipinski definition) is 5. The van der Waals surface area contributed by atoms with E-state index in [1.807, 2.05) is 0 Å². The summed E-state index contributed by atoms with van der Waals surface area (Å²) >= 11 is 1.76. The van der Waals surface area contributed by atoms with Crippen LogP contribution >= 0.6 is 11.8 Å². The molecule has 1 rings (SSSR count). The van der Waals surface area contributed by atoms with Gasteiger partial charge in [-0.15, -0.1) is 11.8 Å². The van der Waals surface area contributed by atoms with Gasteiger partial charge in [0.1, 0.15) is 17.2 Å². The summed E-state index contributed by atoms with van der Waals surface area (Å²) in [5.74, 6) is 7.86. The molecule has 15 heavy (non-hydrogen) atoms. The molecule has 0 atom stereocenters. The van der Waals surface area contributed by atoms with Crippen LogP contribution in [0.1, 0.15) is 26.3 Å². The van der Waals surface area contributed by atoms with Crippen LogP contribution in [0.25, 0.3) is 0 Å². The van der Waals surface area contributed by atoms with Crippen molar-refractivity contribution in [1.29, 1.82) is 0 Å². The van der Waals surface area contributed by atoms with Crippen molar-refractivity contribution < 1.29 is 0 Å². The van der Waals surface area contributed by atoms with Gasteiger partial charge in [-0.05, 0) is 12.3 Å². The third-order valence-electron chi connectivity index (χ3n) is 1.95. The molecule has 1 heterocycles. The van der Waals surface area contributed by atoms with Crippen LogP contribution in [0.15, 0.2) is 11.4 Å². The number of nitrogens with zero attached hydrogens (tertiary/aromatic N) is 2. The first-order chi connectivity index (χ1) is 7.19. The molecule has 0 unspecified atom stereocenters. The number of rotatable bonds is 5. The van der Waals surface area contributed by atoms with E-state index in [4.69, 9.17) is 5.84 Å². The van der Waals surface area contributed by atoms with Crippen LogP contribution in [0.2, 0.25) is 0 Å². The Morgan fingerprint density at radius 2 is 2.20 bits per heavy atom. The summed E-state index contributed by atoms with van der Waals surface area (Å²) in [5, 5.41) is 1.04. The fourth-order valence-corrected chi connectivity index (χ4v) is 2.24. The second kappa shape index (κ2) is 5.92. The van der Waals surface area contributed by atoms with Gasteiger partial charge in [0.05, 0.1) is 0 Å². The van der Waals surface area contributed by atoms with Gasteiger partial charge >= 0.3 is 0 Å². The second-order valence-corrected chi connectivity index (χ2v) is 4.72. The number of anilines is 1. The molecule has 84 valence electrons. The fourth-order valence-electron chi connectivity index (χ4n) is 1.21. The third-order valence-corrected chi connectivity index (χ3v) is 3.41. The highest BCUT2D eigenvalue weighted by Crippen LogP contribution is 2.26. The first-order valence-electron chi connectivity index (χ1n) is 5.12. The van der Waals surface area contributed by atoms with E-state index in [1.54, 1.807) is 18.1 Å². The minimum atomic E-state index is 0.656. The lowest BCUT2D eigenvalue weighted by Crippen LogP contribution is -2.12. The molecule has 0 spiro atoms. The van der Waals surface area contributed by atoms with Gasteiger partial charge in [0, 0.05) is 11.3 Å². The van der Waals surface area contributed by atoms with Gasteiger partial charge in [0.2, 0.25) is 0 Å². The van der Waals surface area contributed by atoms with Crippen molar-refractivity contribution in [2.45, 2.75) is 32.2 Å². The highest BCUT2D eigenvalue weighted by Gasteiger charge is 2.09. The van der Waals surface area contributed by atoms with Gasteiger partial charge in [0.25, 0.3) is 0 Å². The van der Waals surface area contributed by atoms with Gasteiger partial charge in [-0.25, -0.2) is 15.8 Å². The number of nitrogens with one attached hydrogen (secondary N) is 1. The molecule has 4 nitrogen and oxygen atoms in total. The smallest absolute Gasteiger partial charge is 0.147 e. The van der Waals surface area contributed by atoms with E-state index in [0.29, 0.717) is 5.92 Å². The van der Waals surface area contributed by atoms with E-state index in [-0.39, 0.29) is 0 Å². The van der Waals surface area contributed by atoms with E-state index in [9.17, 15) is 0 Å². The molecule has 0 aliphatic carbocycles. The van der Waals surface area contributed by atoms with Crippen LogP contribution < -0.4 is 11.3 Å². The maximum Gasteiger partial charge on any atom is 0.147 e. The van der Waals surface area contributed by atoms with E-state index in [2.05, 4.69) is 36.2 Å². The topological polar surface area (TPSA) is 63.8 Å². The number of hydrogen-bond donors (Lipinski definition) is 2. The Labute approximate surface area is 95.0 Å². The molecule has 0 radical (unpaired) electrons. The zero-order valence-corrected chi connectivity index (χ0v) is 10.3. The second-order valence-electron chi connectivity index (χ2n) is 3.71. The number of aromatic nitrogens is 2. The highest BCUT2D eigenvalue weighted by molar-refractivity contribution is 7.99. The fraction of sp³-hybridized carbons (Fsp3) is 0.600. The summed E-state index contributed by atoms with van der Waals surface area (Å²) in [6.45, 7) is 6.47. The predicted molar refractivity (Wildman–Crippen MR) is 64.8 cm³/mol.